The molecule has 0 fully saturated rings. The average Bonchev–Trinajstić information content (AvgIpc) is 2.60. The molecule has 0 aromatic heterocycles. The minimum absolute atomic E-state index is 0.278. The number of hydrogen-bond donors (Lipinski definition) is 2. The first kappa shape index (κ1) is 19.4. The molecule has 26 heavy (non-hydrogen) atoms. The maximum Gasteiger partial charge on any atom is 0.416 e. The predicted octanol–water partition coefficient (Wildman–Crippen LogP) is 4.16. The predicted molar refractivity (Wildman–Crippen MR) is 92.7 cm³/mol. The minimum atomic E-state index is -4.41. The number of halogens is 3. The Bertz CT molecular complexity index is 739. The van der Waals surface area contributed by atoms with Crippen LogP contribution >= 0.6 is 0 Å². The topological polar surface area (TPSA) is 59.6 Å². The van der Waals surface area contributed by atoms with Crippen molar-refractivity contribution in [3.63, 3.8) is 0 Å². The fourth-order valence-electron chi connectivity index (χ4n) is 2.20. The SMILES string of the molecule is COc1cc(N[C@H](C)C(=O)Nc2ccc(C(F)(F)F)cc2)cc(OC)c1. The average molecular weight is 368 g/mol. The Morgan fingerprint density at radius 3 is 1.96 bits per heavy atom. The molecule has 0 radical (unpaired) electrons. The quantitative estimate of drug-likeness (QED) is 0.804. The van der Waals surface area contributed by atoms with Gasteiger partial charge < -0.3 is 20.1 Å². The van der Waals surface area contributed by atoms with E-state index in [9.17, 15) is 18.0 Å². The van der Waals surface area contributed by atoms with E-state index in [1.165, 1.54) is 26.4 Å². The Hall–Kier alpha value is -2.90. The van der Waals surface area contributed by atoms with Crippen molar-refractivity contribution in [1.29, 1.82) is 0 Å². The number of alkyl halides is 3. The Morgan fingerprint density at radius 2 is 1.50 bits per heavy atom. The van der Waals surface area contributed by atoms with Crippen LogP contribution in [0.2, 0.25) is 0 Å². The Kier molecular flexibility index (Phi) is 5.97. The summed E-state index contributed by atoms with van der Waals surface area (Å²) in [5.41, 5.74) is 0.112. The highest BCUT2D eigenvalue weighted by Crippen LogP contribution is 2.30. The number of carbonyl (C=O) groups is 1. The monoisotopic (exact) mass is 368 g/mol. The molecule has 1 atom stereocenters. The van der Waals surface area contributed by atoms with Crippen LogP contribution in [0.5, 0.6) is 11.5 Å². The number of hydrogen-bond acceptors (Lipinski definition) is 4. The second-order valence-corrected chi connectivity index (χ2v) is 5.53. The van der Waals surface area contributed by atoms with Crippen LogP contribution in [0.15, 0.2) is 42.5 Å². The number of benzene rings is 2. The van der Waals surface area contributed by atoms with Crippen LogP contribution in [0.25, 0.3) is 0 Å². The number of carbonyl (C=O) groups excluding carboxylic acids is 1. The standard InChI is InChI=1S/C18H19F3N2O3/c1-11(22-14-8-15(25-2)10-16(9-14)26-3)17(24)23-13-6-4-12(5-7-13)18(19,20)21/h4-11,22H,1-3H3,(H,23,24)/t11-/m1/s1. The van der Waals surface area contributed by atoms with Gasteiger partial charge in [-0.1, -0.05) is 0 Å². The molecule has 5 nitrogen and oxygen atoms in total. The Balaban J connectivity index is 2.03. The lowest BCUT2D eigenvalue weighted by atomic mass is 10.2. The first-order chi connectivity index (χ1) is 12.2. The van der Waals surface area contributed by atoms with Crippen LogP contribution in [0.3, 0.4) is 0 Å². The molecule has 0 heterocycles. The van der Waals surface area contributed by atoms with Crippen molar-refractivity contribution in [2.45, 2.75) is 19.1 Å². The number of amides is 1. The highest BCUT2D eigenvalue weighted by atomic mass is 19.4. The van der Waals surface area contributed by atoms with E-state index in [2.05, 4.69) is 10.6 Å². The molecule has 0 saturated heterocycles. The molecule has 140 valence electrons. The second kappa shape index (κ2) is 7.99. The van der Waals surface area contributed by atoms with Gasteiger partial charge >= 0.3 is 6.18 Å². The van der Waals surface area contributed by atoms with Crippen LogP contribution in [0, 0.1) is 0 Å². The van der Waals surface area contributed by atoms with Crippen LogP contribution in [0.1, 0.15) is 12.5 Å². The van der Waals surface area contributed by atoms with Crippen molar-refractivity contribution in [3.8, 4) is 11.5 Å². The molecule has 1 amide bonds. The second-order valence-electron chi connectivity index (χ2n) is 5.53. The summed E-state index contributed by atoms with van der Waals surface area (Å²) in [7, 11) is 3.03. The van der Waals surface area contributed by atoms with E-state index in [0.29, 0.717) is 17.2 Å². The van der Waals surface area contributed by atoms with Gasteiger partial charge in [-0.15, -0.1) is 0 Å². The fourth-order valence-corrected chi connectivity index (χ4v) is 2.20. The van der Waals surface area contributed by atoms with E-state index in [1.807, 2.05) is 0 Å². The van der Waals surface area contributed by atoms with Gasteiger partial charge in [-0.05, 0) is 31.2 Å². The summed E-state index contributed by atoms with van der Waals surface area (Å²) in [5, 5.41) is 5.56. The van der Waals surface area contributed by atoms with Gasteiger partial charge in [-0.2, -0.15) is 13.2 Å². The van der Waals surface area contributed by atoms with E-state index in [0.717, 1.165) is 12.1 Å². The Morgan fingerprint density at radius 1 is 0.962 bits per heavy atom. The van der Waals surface area contributed by atoms with Crippen LogP contribution in [-0.4, -0.2) is 26.2 Å². The first-order valence-electron chi connectivity index (χ1n) is 7.70. The van der Waals surface area contributed by atoms with Crippen molar-refractivity contribution in [1.82, 2.24) is 0 Å². The van der Waals surface area contributed by atoms with Crippen LogP contribution in [0.4, 0.5) is 24.5 Å². The summed E-state index contributed by atoms with van der Waals surface area (Å²) >= 11 is 0. The molecule has 0 unspecified atom stereocenters. The summed E-state index contributed by atoms with van der Waals surface area (Å²) in [4.78, 5) is 12.2. The van der Waals surface area contributed by atoms with E-state index in [-0.39, 0.29) is 5.69 Å². The van der Waals surface area contributed by atoms with E-state index >= 15 is 0 Å². The summed E-state index contributed by atoms with van der Waals surface area (Å²) in [6.07, 6.45) is -4.41. The van der Waals surface area contributed by atoms with Crippen molar-refractivity contribution in [3.05, 3.63) is 48.0 Å². The van der Waals surface area contributed by atoms with Gasteiger partial charge in [0.05, 0.1) is 19.8 Å². The summed E-state index contributed by atoms with van der Waals surface area (Å²) < 4.78 is 48.0. The number of nitrogens with one attached hydrogen (secondary N) is 2. The highest BCUT2D eigenvalue weighted by Gasteiger charge is 2.30. The molecular weight excluding hydrogens is 349 g/mol. The van der Waals surface area contributed by atoms with Gasteiger partial charge in [-0.3, -0.25) is 4.79 Å². The summed E-state index contributed by atoms with van der Waals surface area (Å²) in [6, 6.07) is 8.70. The fraction of sp³-hybridized carbons (Fsp3) is 0.278. The largest absolute Gasteiger partial charge is 0.497 e. The van der Waals surface area contributed by atoms with Crippen molar-refractivity contribution in [2.24, 2.45) is 0 Å². The number of anilines is 2. The molecule has 0 bridgehead atoms. The van der Waals surface area contributed by atoms with Gasteiger partial charge in [0.2, 0.25) is 5.91 Å². The molecule has 0 aliphatic carbocycles. The number of ether oxygens (including phenoxy) is 2. The highest BCUT2D eigenvalue weighted by molar-refractivity contribution is 5.96. The van der Waals surface area contributed by atoms with Crippen molar-refractivity contribution < 1.29 is 27.4 Å². The molecular formula is C18H19F3N2O3. The lowest BCUT2D eigenvalue weighted by Crippen LogP contribution is -2.31. The molecule has 0 aliphatic rings. The maximum absolute atomic E-state index is 12.6. The van der Waals surface area contributed by atoms with E-state index < -0.39 is 23.7 Å². The minimum Gasteiger partial charge on any atom is -0.497 e. The Labute approximate surface area is 149 Å². The lowest BCUT2D eigenvalue weighted by Gasteiger charge is -2.17. The maximum atomic E-state index is 12.6. The molecule has 2 aromatic rings. The summed E-state index contributed by atoms with van der Waals surface area (Å²) in [6.45, 7) is 1.63. The third-order valence-electron chi connectivity index (χ3n) is 3.61. The molecule has 2 aromatic carbocycles. The van der Waals surface area contributed by atoms with Gasteiger partial charge in [-0.25, -0.2) is 0 Å². The van der Waals surface area contributed by atoms with Gasteiger partial charge in [0, 0.05) is 29.6 Å². The van der Waals surface area contributed by atoms with Gasteiger partial charge in [0.15, 0.2) is 0 Å². The first-order valence-corrected chi connectivity index (χ1v) is 7.70. The third-order valence-corrected chi connectivity index (χ3v) is 3.61. The molecule has 0 aliphatic heterocycles. The molecule has 2 rings (SSSR count). The van der Waals surface area contributed by atoms with Gasteiger partial charge in [0.25, 0.3) is 0 Å². The zero-order chi connectivity index (χ0) is 19.3. The normalized spacial score (nSPS) is 12.2. The molecule has 8 heteroatoms. The number of rotatable bonds is 6. The van der Waals surface area contributed by atoms with E-state index in [1.54, 1.807) is 25.1 Å². The van der Waals surface area contributed by atoms with E-state index in [4.69, 9.17) is 9.47 Å². The zero-order valence-electron chi connectivity index (χ0n) is 14.5. The molecule has 0 spiro atoms. The smallest absolute Gasteiger partial charge is 0.416 e. The third kappa shape index (κ3) is 5.05. The van der Waals surface area contributed by atoms with Gasteiger partial charge in [0.1, 0.15) is 17.5 Å². The summed E-state index contributed by atoms with van der Waals surface area (Å²) in [5.74, 6) is 0.718. The van der Waals surface area contributed by atoms with Crippen LogP contribution in [-0.2, 0) is 11.0 Å². The zero-order valence-corrected chi connectivity index (χ0v) is 14.5. The molecule has 0 saturated carbocycles. The molecule has 2 N–H and O–H groups in total. The lowest BCUT2D eigenvalue weighted by molar-refractivity contribution is -0.137. The van der Waals surface area contributed by atoms with Crippen molar-refractivity contribution >= 4 is 17.3 Å². The van der Waals surface area contributed by atoms with Crippen LogP contribution < -0.4 is 20.1 Å². The van der Waals surface area contributed by atoms with Crippen molar-refractivity contribution in [2.75, 3.05) is 24.9 Å². The number of methoxy groups -OCH3 is 2.